The molecular formula is C10H16O3. The lowest BCUT2D eigenvalue weighted by molar-refractivity contribution is -0.146. The summed E-state index contributed by atoms with van der Waals surface area (Å²) in [6.07, 6.45) is 2.52. The molecule has 0 fully saturated rings. The van der Waals surface area contributed by atoms with Crippen molar-refractivity contribution in [1.82, 2.24) is 0 Å². The van der Waals surface area contributed by atoms with Crippen molar-refractivity contribution in [2.75, 3.05) is 6.61 Å². The fraction of sp³-hybridized carbons (Fsp3) is 0.600. The van der Waals surface area contributed by atoms with Crippen molar-refractivity contribution < 1.29 is 14.3 Å². The van der Waals surface area contributed by atoms with Crippen LogP contribution in [0.25, 0.3) is 0 Å². The van der Waals surface area contributed by atoms with Crippen LogP contribution in [-0.2, 0) is 14.3 Å². The van der Waals surface area contributed by atoms with Gasteiger partial charge in [0.15, 0.2) is 0 Å². The first-order valence-corrected chi connectivity index (χ1v) is 4.35. The summed E-state index contributed by atoms with van der Waals surface area (Å²) in [5, 5.41) is 0. The molecule has 0 amide bonds. The summed E-state index contributed by atoms with van der Waals surface area (Å²) in [7, 11) is 0. The highest BCUT2D eigenvalue weighted by Crippen LogP contribution is 2.07. The maximum atomic E-state index is 11.1. The molecule has 13 heavy (non-hydrogen) atoms. The van der Waals surface area contributed by atoms with Gasteiger partial charge in [0.25, 0.3) is 0 Å². The molecule has 0 saturated heterocycles. The van der Waals surface area contributed by atoms with Gasteiger partial charge in [-0.2, -0.15) is 0 Å². The van der Waals surface area contributed by atoms with Crippen LogP contribution in [0, 0.1) is 5.92 Å². The van der Waals surface area contributed by atoms with E-state index in [9.17, 15) is 9.59 Å². The topological polar surface area (TPSA) is 43.4 Å². The molecule has 0 saturated carbocycles. The van der Waals surface area contributed by atoms with Crippen molar-refractivity contribution in [1.29, 1.82) is 0 Å². The first-order valence-electron chi connectivity index (χ1n) is 4.35. The molecule has 0 rings (SSSR count). The number of ketones is 1. The molecule has 1 atom stereocenters. The van der Waals surface area contributed by atoms with Crippen molar-refractivity contribution in [3.05, 3.63) is 12.7 Å². The monoisotopic (exact) mass is 184 g/mol. The Labute approximate surface area is 78.8 Å². The summed E-state index contributed by atoms with van der Waals surface area (Å²) in [6, 6.07) is 0. The zero-order valence-electron chi connectivity index (χ0n) is 8.21. The normalized spacial score (nSPS) is 11.8. The quantitative estimate of drug-likeness (QED) is 0.466. The van der Waals surface area contributed by atoms with Crippen LogP contribution in [0.5, 0.6) is 0 Å². The Balaban J connectivity index is 3.68. The molecule has 0 aliphatic heterocycles. The van der Waals surface area contributed by atoms with Gasteiger partial charge in [-0.05, 0) is 13.3 Å². The molecule has 0 bridgehead atoms. The zero-order chi connectivity index (χ0) is 10.3. The number of Topliss-reactive ketones (excluding diaryl/α,β-unsaturated/α-hetero) is 1. The molecule has 0 aromatic carbocycles. The Morgan fingerprint density at radius 1 is 1.54 bits per heavy atom. The van der Waals surface area contributed by atoms with E-state index in [0.29, 0.717) is 12.8 Å². The fourth-order valence-corrected chi connectivity index (χ4v) is 0.821. The molecule has 0 N–H and O–H groups in total. The maximum Gasteiger partial charge on any atom is 0.308 e. The number of carbonyl (C=O) groups excluding carboxylic acids is 2. The maximum absolute atomic E-state index is 11.1. The number of rotatable bonds is 6. The minimum absolute atomic E-state index is 0.100. The Bertz CT molecular complexity index is 196. The molecule has 0 aromatic heterocycles. The smallest absolute Gasteiger partial charge is 0.308 e. The van der Waals surface area contributed by atoms with Crippen LogP contribution in [-0.4, -0.2) is 18.4 Å². The fourth-order valence-electron chi connectivity index (χ4n) is 0.821. The molecule has 0 aliphatic carbocycles. The van der Waals surface area contributed by atoms with E-state index in [1.165, 1.54) is 13.0 Å². The summed E-state index contributed by atoms with van der Waals surface area (Å²) < 4.78 is 4.82. The number of hydrogen-bond donors (Lipinski definition) is 0. The van der Waals surface area contributed by atoms with Gasteiger partial charge < -0.3 is 9.53 Å². The second-order valence-electron chi connectivity index (χ2n) is 3.06. The van der Waals surface area contributed by atoms with Crippen LogP contribution in [0.15, 0.2) is 12.7 Å². The Hall–Kier alpha value is -1.12. The van der Waals surface area contributed by atoms with E-state index in [4.69, 9.17) is 4.74 Å². The highest BCUT2D eigenvalue weighted by molar-refractivity contribution is 5.77. The van der Waals surface area contributed by atoms with Crippen molar-refractivity contribution >= 4 is 11.8 Å². The van der Waals surface area contributed by atoms with Crippen LogP contribution >= 0.6 is 0 Å². The average Bonchev–Trinajstić information content (AvgIpc) is 2.10. The average molecular weight is 184 g/mol. The molecular weight excluding hydrogens is 168 g/mol. The van der Waals surface area contributed by atoms with Gasteiger partial charge in [-0.25, -0.2) is 0 Å². The minimum atomic E-state index is -0.263. The second-order valence-corrected chi connectivity index (χ2v) is 3.06. The molecule has 0 aliphatic rings. The van der Waals surface area contributed by atoms with E-state index in [0.717, 1.165) is 0 Å². The van der Waals surface area contributed by atoms with Crippen molar-refractivity contribution in [2.24, 2.45) is 5.92 Å². The van der Waals surface area contributed by atoms with E-state index >= 15 is 0 Å². The number of carbonyl (C=O) groups is 2. The highest BCUT2D eigenvalue weighted by Gasteiger charge is 2.13. The van der Waals surface area contributed by atoms with Crippen molar-refractivity contribution in [2.45, 2.75) is 26.7 Å². The zero-order valence-corrected chi connectivity index (χ0v) is 8.21. The molecule has 3 nitrogen and oxygen atoms in total. The van der Waals surface area contributed by atoms with Crippen LogP contribution < -0.4 is 0 Å². The van der Waals surface area contributed by atoms with Crippen LogP contribution in [0.4, 0.5) is 0 Å². The van der Waals surface area contributed by atoms with Gasteiger partial charge in [0.05, 0.1) is 5.92 Å². The van der Waals surface area contributed by atoms with E-state index in [1.807, 2.05) is 0 Å². The predicted octanol–water partition coefficient (Wildman–Crippen LogP) is 1.72. The lowest BCUT2D eigenvalue weighted by atomic mass is 10.0. The van der Waals surface area contributed by atoms with E-state index in [1.54, 1.807) is 6.92 Å². The van der Waals surface area contributed by atoms with E-state index in [2.05, 4.69) is 6.58 Å². The highest BCUT2D eigenvalue weighted by atomic mass is 16.5. The summed E-state index contributed by atoms with van der Waals surface area (Å²) in [6.45, 7) is 6.95. The van der Waals surface area contributed by atoms with Crippen LogP contribution in [0.1, 0.15) is 26.7 Å². The van der Waals surface area contributed by atoms with Crippen molar-refractivity contribution in [3.63, 3.8) is 0 Å². The first kappa shape index (κ1) is 11.9. The van der Waals surface area contributed by atoms with Gasteiger partial charge in [-0.15, -0.1) is 0 Å². The summed E-state index contributed by atoms with van der Waals surface area (Å²) >= 11 is 0. The molecule has 0 aromatic rings. The largest absolute Gasteiger partial charge is 0.461 e. The third kappa shape index (κ3) is 6.08. The van der Waals surface area contributed by atoms with Gasteiger partial charge in [0.2, 0.25) is 0 Å². The summed E-state index contributed by atoms with van der Waals surface area (Å²) in [5.41, 5.74) is 0. The Morgan fingerprint density at radius 3 is 2.62 bits per heavy atom. The van der Waals surface area contributed by atoms with E-state index in [-0.39, 0.29) is 24.3 Å². The molecule has 74 valence electrons. The number of esters is 1. The lowest BCUT2D eigenvalue weighted by Crippen LogP contribution is -2.15. The second kappa shape index (κ2) is 6.40. The Morgan fingerprint density at radius 2 is 2.15 bits per heavy atom. The van der Waals surface area contributed by atoms with Gasteiger partial charge in [-0.3, -0.25) is 4.79 Å². The number of ether oxygens (including phenoxy) is 1. The molecule has 0 heterocycles. The van der Waals surface area contributed by atoms with Gasteiger partial charge in [-0.1, -0.05) is 19.6 Å². The SMILES string of the molecule is C=CCOC(=O)[C@@H](C)CCC(C)=O. The third-order valence-electron chi connectivity index (χ3n) is 1.68. The Kier molecular flexibility index (Phi) is 5.85. The summed E-state index contributed by atoms with van der Waals surface area (Å²) in [4.78, 5) is 21.7. The molecule has 0 spiro atoms. The van der Waals surface area contributed by atoms with Crippen LogP contribution in [0.3, 0.4) is 0 Å². The van der Waals surface area contributed by atoms with Gasteiger partial charge in [0, 0.05) is 6.42 Å². The first-order chi connectivity index (χ1) is 6.07. The van der Waals surface area contributed by atoms with Crippen LogP contribution in [0.2, 0.25) is 0 Å². The lowest BCUT2D eigenvalue weighted by Gasteiger charge is -2.08. The molecule has 0 radical (unpaired) electrons. The molecule has 0 unspecified atom stereocenters. The predicted molar refractivity (Wildman–Crippen MR) is 50.2 cm³/mol. The van der Waals surface area contributed by atoms with Gasteiger partial charge >= 0.3 is 5.97 Å². The number of hydrogen-bond acceptors (Lipinski definition) is 3. The standard InChI is InChI=1S/C10H16O3/c1-4-7-13-10(12)8(2)5-6-9(3)11/h4,8H,1,5-7H2,2-3H3/t8-/m0/s1. The minimum Gasteiger partial charge on any atom is -0.461 e. The third-order valence-corrected chi connectivity index (χ3v) is 1.68. The van der Waals surface area contributed by atoms with E-state index < -0.39 is 0 Å². The summed E-state index contributed by atoms with van der Waals surface area (Å²) in [5.74, 6) is -0.367. The van der Waals surface area contributed by atoms with Gasteiger partial charge in [0.1, 0.15) is 12.4 Å². The van der Waals surface area contributed by atoms with Crippen molar-refractivity contribution in [3.8, 4) is 0 Å². The molecule has 3 heteroatoms.